The maximum atomic E-state index is 13.4. The van der Waals surface area contributed by atoms with Crippen LogP contribution in [0.4, 0.5) is 10.1 Å². The molecule has 178 valence electrons. The monoisotopic (exact) mass is 459 g/mol. The van der Waals surface area contributed by atoms with E-state index in [0.717, 1.165) is 24.5 Å². The molecule has 33 heavy (non-hydrogen) atoms. The van der Waals surface area contributed by atoms with Crippen LogP contribution in [0.2, 0.25) is 0 Å². The second-order valence-electron chi connectivity index (χ2n) is 8.29. The lowest BCUT2D eigenvalue weighted by Crippen LogP contribution is -2.57. The lowest BCUT2D eigenvalue weighted by Gasteiger charge is -2.41. The van der Waals surface area contributed by atoms with E-state index in [-0.39, 0.29) is 24.8 Å². The van der Waals surface area contributed by atoms with E-state index < -0.39 is 30.0 Å². The van der Waals surface area contributed by atoms with Crippen LogP contribution in [0.5, 0.6) is 5.75 Å². The molecular formula is C24H30FN3O5. The molecule has 2 saturated heterocycles. The van der Waals surface area contributed by atoms with Crippen LogP contribution in [-0.2, 0) is 4.74 Å². The zero-order valence-corrected chi connectivity index (χ0v) is 18.6. The van der Waals surface area contributed by atoms with Gasteiger partial charge in [-0.3, -0.25) is 9.69 Å². The van der Waals surface area contributed by atoms with Crippen LogP contribution >= 0.6 is 0 Å². The summed E-state index contributed by atoms with van der Waals surface area (Å²) in [4.78, 5) is 16.8. The van der Waals surface area contributed by atoms with Crippen molar-refractivity contribution >= 4 is 11.6 Å². The largest absolute Gasteiger partial charge is 0.495 e. The van der Waals surface area contributed by atoms with Crippen molar-refractivity contribution in [1.29, 1.82) is 0 Å². The molecule has 0 bridgehead atoms. The maximum absolute atomic E-state index is 13.4. The van der Waals surface area contributed by atoms with Gasteiger partial charge in [-0.2, -0.15) is 0 Å². The van der Waals surface area contributed by atoms with Crippen molar-refractivity contribution < 1.29 is 28.9 Å². The number of ether oxygens (including phenoxy) is 2. The number of methoxy groups -OCH3 is 1. The predicted molar refractivity (Wildman–Crippen MR) is 121 cm³/mol. The minimum atomic E-state index is -0.885. The van der Waals surface area contributed by atoms with Crippen LogP contribution in [0, 0.1) is 5.82 Å². The molecule has 0 aliphatic carbocycles. The minimum Gasteiger partial charge on any atom is -0.495 e. The van der Waals surface area contributed by atoms with Crippen molar-refractivity contribution in [3.63, 3.8) is 0 Å². The molecule has 3 N–H and O–H groups in total. The van der Waals surface area contributed by atoms with E-state index in [2.05, 4.69) is 15.1 Å². The zero-order chi connectivity index (χ0) is 23.4. The number of amides is 1. The van der Waals surface area contributed by atoms with Crippen LogP contribution < -0.4 is 15.0 Å². The number of hydrogen-bond donors (Lipinski definition) is 3. The summed E-state index contributed by atoms with van der Waals surface area (Å²) in [6.07, 6.45) is -2.12. The van der Waals surface area contributed by atoms with E-state index in [4.69, 9.17) is 9.47 Å². The van der Waals surface area contributed by atoms with Gasteiger partial charge in [0.25, 0.3) is 5.91 Å². The molecule has 9 heteroatoms. The first-order chi connectivity index (χ1) is 16.0. The van der Waals surface area contributed by atoms with Crippen molar-refractivity contribution in [2.75, 3.05) is 51.3 Å². The molecule has 2 heterocycles. The number of aliphatic hydroxyl groups excluding tert-OH is 2. The molecule has 2 aliphatic rings. The summed E-state index contributed by atoms with van der Waals surface area (Å²) >= 11 is 0. The summed E-state index contributed by atoms with van der Waals surface area (Å²) in [6.45, 7) is 2.64. The topological polar surface area (TPSA) is 94.5 Å². The number of carbonyl (C=O) groups is 1. The number of nitrogens with zero attached hydrogens (tertiary/aromatic N) is 2. The molecule has 0 radical (unpaired) electrons. The highest BCUT2D eigenvalue weighted by Gasteiger charge is 2.46. The molecule has 2 aliphatic heterocycles. The zero-order valence-electron chi connectivity index (χ0n) is 18.6. The van der Waals surface area contributed by atoms with Gasteiger partial charge in [0.05, 0.1) is 31.5 Å². The van der Waals surface area contributed by atoms with Gasteiger partial charge in [-0.1, -0.05) is 18.2 Å². The molecule has 4 rings (SSSR count). The summed E-state index contributed by atoms with van der Waals surface area (Å²) in [7, 11) is 1.65. The van der Waals surface area contributed by atoms with Crippen LogP contribution in [0.25, 0.3) is 0 Å². The Morgan fingerprint density at radius 1 is 1.15 bits per heavy atom. The van der Waals surface area contributed by atoms with E-state index in [0.29, 0.717) is 13.1 Å². The number of anilines is 1. The Hall–Kier alpha value is -2.72. The van der Waals surface area contributed by atoms with Gasteiger partial charge >= 0.3 is 0 Å². The molecule has 8 nitrogen and oxygen atoms in total. The molecule has 0 saturated carbocycles. The van der Waals surface area contributed by atoms with Crippen molar-refractivity contribution in [2.45, 2.75) is 24.4 Å². The van der Waals surface area contributed by atoms with Gasteiger partial charge in [-0.05, 0) is 30.3 Å². The van der Waals surface area contributed by atoms with Gasteiger partial charge in [0.15, 0.2) is 0 Å². The van der Waals surface area contributed by atoms with E-state index in [1.807, 2.05) is 24.3 Å². The van der Waals surface area contributed by atoms with Crippen LogP contribution in [0.15, 0.2) is 48.5 Å². The van der Waals surface area contributed by atoms with Crippen LogP contribution in [0.3, 0.4) is 0 Å². The average molecular weight is 460 g/mol. The minimum absolute atomic E-state index is 0.139. The molecule has 1 amide bonds. The third-order valence-electron chi connectivity index (χ3n) is 6.35. The molecule has 4 atom stereocenters. The summed E-state index contributed by atoms with van der Waals surface area (Å²) in [6, 6.07) is 12.9. The van der Waals surface area contributed by atoms with Gasteiger partial charge in [0.2, 0.25) is 0 Å². The average Bonchev–Trinajstić information content (AvgIpc) is 3.17. The number of hydrogen-bond acceptors (Lipinski definition) is 7. The van der Waals surface area contributed by atoms with Gasteiger partial charge < -0.3 is 29.9 Å². The number of para-hydroxylation sites is 2. The maximum Gasteiger partial charge on any atom is 0.251 e. The first-order valence-corrected chi connectivity index (χ1v) is 11.1. The lowest BCUT2D eigenvalue weighted by molar-refractivity contribution is -0.0209. The predicted octanol–water partition coefficient (Wildman–Crippen LogP) is 0.876. The first-order valence-electron chi connectivity index (χ1n) is 11.1. The second-order valence-corrected chi connectivity index (χ2v) is 8.29. The van der Waals surface area contributed by atoms with Crippen LogP contribution in [0.1, 0.15) is 10.4 Å². The fourth-order valence-corrected chi connectivity index (χ4v) is 4.67. The summed E-state index contributed by atoms with van der Waals surface area (Å²) in [5.41, 5.74) is 1.24. The van der Waals surface area contributed by atoms with Gasteiger partial charge in [-0.25, -0.2) is 4.39 Å². The second kappa shape index (κ2) is 10.5. The van der Waals surface area contributed by atoms with Crippen molar-refractivity contribution in [2.24, 2.45) is 0 Å². The summed E-state index contributed by atoms with van der Waals surface area (Å²) in [5.74, 6) is -0.0884. The number of rotatable bonds is 7. The molecule has 2 aromatic carbocycles. The summed E-state index contributed by atoms with van der Waals surface area (Å²) in [5, 5.41) is 23.3. The highest BCUT2D eigenvalue weighted by Crippen LogP contribution is 2.31. The Morgan fingerprint density at radius 2 is 1.91 bits per heavy atom. The molecule has 2 fully saturated rings. The molecule has 0 aromatic heterocycles. The fraction of sp³-hybridized carbons (Fsp3) is 0.458. The number of carbonyl (C=O) groups excluding carboxylic acids is 1. The lowest BCUT2D eigenvalue weighted by atomic mass is 10.0. The highest BCUT2D eigenvalue weighted by molar-refractivity contribution is 5.94. The van der Waals surface area contributed by atoms with Crippen LogP contribution in [-0.4, -0.2) is 91.8 Å². The quantitative estimate of drug-likeness (QED) is 0.566. The normalized spacial score (nSPS) is 25.8. The standard InChI is InChI=1S/C24H30FN3O5/c1-32-19-8-3-2-7-18(19)27-9-11-28(12-10-27)22-20(33-21(15-29)23(22)30)14-26-24(31)16-5-4-6-17(25)13-16/h2-8,13,20-23,29-30H,9-12,14-15H2,1H3,(H,26,31)/t20-,21+,22-,23-/m1/s1. The van der Waals surface area contributed by atoms with Gasteiger partial charge in [-0.15, -0.1) is 0 Å². The third-order valence-corrected chi connectivity index (χ3v) is 6.35. The SMILES string of the molecule is COc1ccccc1N1CCN([C@H]2[C@H](O)[C@H](CO)O[C@@H]2CNC(=O)c2cccc(F)c2)CC1. The number of nitrogens with one attached hydrogen (secondary N) is 1. The Kier molecular flexibility index (Phi) is 7.44. The molecule has 0 spiro atoms. The number of aliphatic hydroxyl groups is 2. The van der Waals surface area contributed by atoms with E-state index in [1.54, 1.807) is 7.11 Å². The Bertz CT molecular complexity index is 953. The Balaban J connectivity index is 1.41. The van der Waals surface area contributed by atoms with Gasteiger partial charge in [0, 0.05) is 38.3 Å². The van der Waals surface area contributed by atoms with Crippen molar-refractivity contribution in [1.82, 2.24) is 10.2 Å². The molecule has 2 aromatic rings. The first kappa shape index (κ1) is 23.4. The molecule has 0 unspecified atom stereocenters. The smallest absolute Gasteiger partial charge is 0.251 e. The number of piperazine rings is 1. The van der Waals surface area contributed by atoms with E-state index in [1.165, 1.54) is 24.3 Å². The highest BCUT2D eigenvalue weighted by atomic mass is 19.1. The molecular weight excluding hydrogens is 429 g/mol. The third kappa shape index (κ3) is 5.11. The Morgan fingerprint density at radius 3 is 2.61 bits per heavy atom. The van der Waals surface area contributed by atoms with E-state index in [9.17, 15) is 19.4 Å². The number of halogens is 1. The van der Waals surface area contributed by atoms with Crippen molar-refractivity contribution in [3.8, 4) is 5.75 Å². The fourth-order valence-electron chi connectivity index (χ4n) is 4.67. The Labute approximate surface area is 192 Å². The summed E-state index contributed by atoms with van der Waals surface area (Å²) < 4.78 is 24.8. The van der Waals surface area contributed by atoms with Crippen molar-refractivity contribution in [3.05, 3.63) is 59.9 Å². The van der Waals surface area contributed by atoms with E-state index >= 15 is 0 Å². The van der Waals surface area contributed by atoms with Gasteiger partial charge in [0.1, 0.15) is 23.8 Å². The number of benzene rings is 2.